The Kier molecular flexibility index (Phi) is 3.45. The van der Waals surface area contributed by atoms with Gasteiger partial charge in [-0.1, -0.05) is 0 Å². The van der Waals surface area contributed by atoms with E-state index >= 15 is 0 Å². The summed E-state index contributed by atoms with van der Waals surface area (Å²) in [5.74, 6) is -1.83. The third kappa shape index (κ3) is 2.61. The molecule has 2 rings (SSSR count). The van der Waals surface area contributed by atoms with Gasteiger partial charge in [0.2, 0.25) is 5.95 Å². The van der Waals surface area contributed by atoms with Gasteiger partial charge in [-0.3, -0.25) is 14.2 Å². The summed E-state index contributed by atoms with van der Waals surface area (Å²) in [6, 6.07) is 0.425. The summed E-state index contributed by atoms with van der Waals surface area (Å²) in [6.45, 7) is 0.287. The zero-order valence-electron chi connectivity index (χ0n) is 10.5. The van der Waals surface area contributed by atoms with Gasteiger partial charge in [0.15, 0.2) is 5.69 Å². The van der Waals surface area contributed by atoms with Crippen molar-refractivity contribution < 1.29 is 23.1 Å². The van der Waals surface area contributed by atoms with Crippen molar-refractivity contribution in [3.63, 3.8) is 0 Å². The summed E-state index contributed by atoms with van der Waals surface area (Å²) >= 11 is 0. The minimum absolute atomic E-state index is 0.0386. The number of carboxylic acid groups (broad SMARTS) is 1. The number of hydrogen-bond donors (Lipinski definition) is 1. The zero-order valence-corrected chi connectivity index (χ0v) is 10.5. The van der Waals surface area contributed by atoms with Crippen molar-refractivity contribution in [2.45, 2.75) is 12.6 Å². The van der Waals surface area contributed by atoms with Gasteiger partial charge in [0.25, 0.3) is 5.56 Å². The van der Waals surface area contributed by atoms with Crippen LogP contribution in [0.1, 0.15) is 12.1 Å². The number of anilines is 1. The molecule has 9 heteroatoms. The van der Waals surface area contributed by atoms with Crippen molar-refractivity contribution in [1.82, 2.24) is 9.55 Å². The first-order valence-corrected chi connectivity index (χ1v) is 5.83. The molecule has 1 aromatic rings. The highest BCUT2D eigenvalue weighted by Crippen LogP contribution is 2.29. The van der Waals surface area contributed by atoms with E-state index in [2.05, 4.69) is 4.98 Å². The van der Waals surface area contributed by atoms with Crippen molar-refractivity contribution in [3.8, 4) is 0 Å². The van der Waals surface area contributed by atoms with Crippen LogP contribution in [0.15, 0.2) is 10.9 Å². The fourth-order valence-corrected chi connectivity index (χ4v) is 2.10. The number of halogens is 3. The van der Waals surface area contributed by atoms with Crippen molar-refractivity contribution >= 4 is 11.9 Å². The lowest BCUT2D eigenvalue weighted by Gasteiger charge is -2.20. The highest BCUT2D eigenvalue weighted by Gasteiger charge is 2.36. The predicted molar refractivity (Wildman–Crippen MR) is 62.4 cm³/mol. The third-order valence-electron chi connectivity index (χ3n) is 3.22. The maximum Gasteiger partial charge on any atom is 0.433 e. The molecule has 2 heterocycles. The Morgan fingerprint density at radius 2 is 2.15 bits per heavy atom. The highest BCUT2D eigenvalue weighted by molar-refractivity contribution is 5.71. The molecule has 1 saturated heterocycles. The first-order chi connectivity index (χ1) is 9.20. The molecule has 1 aromatic heterocycles. The van der Waals surface area contributed by atoms with E-state index in [0.717, 1.165) is 4.57 Å². The molecule has 1 N–H and O–H groups in total. The smallest absolute Gasteiger partial charge is 0.433 e. The van der Waals surface area contributed by atoms with E-state index in [-0.39, 0.29) is 19.0 Å². The zero-order chi connectivity index (χ0) is 15.1. The Bertz CT molecular complexity index is 597. The number of carbonyl (C=O) groups is 1. The molecule has 0 bridgehead atoms. The molecule has 6 nitrogen and oxygen atoms in total. The lowest BCUT2D eigenvalue weighted by atomic mass is 10.1. The molecule has 1 atom stereocenters. The fourth-order valence-electron chi connectivity index (χ4n) is 2.10. The third-order valence-corrected chi connectivity index (χ3v) is 3.22. The maximum absolute atomic E-state index is 12.6. The van der Waals surface area contributed by atoms with E-state index in [1.165, 1.54) is 11.9 Å². The maximum atomic E-state index is 12.6. The van der Waals surface area contributed by atoms with Crippen molar-refractivity contribution in [2.75, 3.05) is 18.0 Å². The van der Waals surface area contributed by atoms with Crippen LogP contribution >= 0.6 is 0 Å². The topological polar surface area (TPSA) is 75.4 Å². The predicted octanol–water partition coefficient (Wildman–Crippen LogP) is 0.710. The second-order valence-electron chi connectivity index (χ2n) is 4.61. The quantitative estimate of drug-likeness (QED) is 0.868. The number of rotatable bonds is 2. The molecule has 110 valence electrons. The summed E-state index contributed by atoms with van der Waals surface area (Å²) < 4.78 is 38.9. The largest absolute Gasteiger partial charge is 0.481 e. The number of hydrogen-bond acceptors (Lipinski definition) is 4. The fraction of sp³-hybridized carbons (Fsp3) is 0.545. The summed E-state index contributed by atoms with van der Waals surface area (Å²) in [5.41, 5.74) is -2.10. The van der Waals surface area contributed by atoms with E-state index in [1.54, 1.807) is 0 Å². The van der Waals surface area contributed by atoms with Crippen LogP contribution in [-0.4, -0.2) is 33.7 Å². The number of alkyl halides is 3. The standard InChI is InChI=1S/C11H12F3N3O3/c1-16-8(18)4-7(11(12,13)14)15-10(16)17-3-2-6(5-17)9(19)20/h4,6H,2-3,5H2,1H3,(H,19,20)/t6-/m0/s1. The summed E-state index contributed by atoms with van der Waals surface area (Å²) in [6.07, 6.45) is -4.41. The van der Waals surface area contributed by atoms with Crippen LogP contribution in [0.2, 0.25) is 0 Å². The van der Waals surface area contributed by atoms with Crippen LogP contribution in [0.25, 0.3) is 0 Å². The average Bonchev–Trinajstić information content (AvgIpc) is 2.80. The van der Waals surface area contributed by atoms with Gasteiger partial charge in [-0.05, 0) is 6.42 Å². The minimum Gasteiger partial charge on any atom is -0.481 e. The normalized spacial score (nSPS) is 19.4. The van der Waals surface area contributed by atoms with Gasteiger partial charge in [0.1, 0.15) is 0 Å². The van der Waals surface area contributed by atoms with Gasteiger partial charge >= 0.3 is 12.1 Å². The van der Waals surface area contributed by atoms with Gasteiger partial charge in [-0.25, -0.2) is 4.98 Å². The summed E-state index contributed by atoms with van der Waals surface area (Å²) in [7, 11) is 1.30. The SMILES string of the molecule is Cn1c(N2CC[C@H](C(=O)O)C2)nc(C(F)(F)F)cc1=O. The van der Waals surface area contributed by atoms with Gasteiger partial charge in [0, 0.05) is 26.2 Å². The molecule has 0 radical (unpaired) electrons. The van der Waals surface area contributed by atoms with Crippen LogP contribution in [0.5, 0.6) is 0 Å². The minimum atomic E-state index is -4.71. The Morgan fingerprint density at radius 1 is 1.50 bits per heavy atom. The van der Waals surface area contributed by atoms with Crippen LogP contribution in [0, 0.1) is 5.92 Å². The molecule has 0 aliphatic carbocycles. The van der Waals surface area contributed by atoms with Gasteiger partial charge in [-0.2, -0.15) is 13.2 Å². The van der Waals surface area contributed by atoms with E-state index in [9.17, 15) is 22.8 Å². The number of nitrogens with zero attached hydrogens (tertiary/aromatic N) is 3. The number of aliphatic carboxylic acids is 1. The van der Waals surface area contributed by atoms with E-state index in [4.69, 9.17) is 5.11 Å². The van der Waals surface area contributed by atoms with E-state index < -0.39 is 29.3 Å². The van der Waals surface area contributed by atoms with E-state index in [1.807, 2.05) is 0 Å². The van der Waals surface area contributed by atoms with Crippen LogP contribution in [-0.2, 0) is 18.0 Å². The molecule has 0 unspecified atom stereocenters. The lowest BCUT2D eigenvalue weighted by Crippen LogP contribution is -2.32. The number of carboxylic acids is 1. The van der Waals surface area contributed by atoms with Crippen molar-refractivity contribution in [2.24, 2.45) is 13.0 Å². The molecule has 0 saturated carbocycles. The Labute approximate surface area is 111 Å². The summed E-state index contributed by atoms with van der Waals surface area (Å²) in [4.78, 5) is 27.3. The molecule has 0 aromatic carbocycles. The van der Waals surface area contributed by atoms with Crippen molar-refractivity contribution in [3.05, 3.63) is 22.1 Å². The summed E-state index contributed by atoms with van der Waals surface area (Å²) in [5, 5.41) is 8.89. The van der Waals surface area contributed by atoms with Crippen molar-refractivity contribution in [1.29, 1.82) is 0 Å². The first kappa shape index (κ1) is 14.4. The Morgan fingerprint density at radius 3 is 2.65 bits per heavy atom. The highest BCUT2D eigenvalue weighted by atomic mass is 19.4. The van der Waals surface area contributed by atoms with Gasteiger partial charge in [0.05, 0.1) is 5.92 Å². The molecular formula is C11H12F3N3O3. The molecule has 20 heavy (non-hydrogen) atoms. The molecular weight excluding hydrogens is 279 g/mol. The molecule has 1 fully saturated rings. The molecule has 0 amide bonds. The Balaban J connectivity index is 2.40. The first-order valence-electron chi connectivity index (χ1n) is 5.83. The number of aromatic nitrogens is 2. The second-order valence-corrected chi connectivity index (χ2v) is 4.61. The molecule has 1 aliphatic heterocycles. The molecule has 1 aliphatic rings. The van der Waals surface area contributed by atoms with E-state index in [0.29, 0.717) is 12.5 Å². The Hall–Kier alpha value is -2.06. The molecule has 0 spiro atoms. The average molecular weight is 291 g/mol. The van der Waals surface area contributed by atoms with Gasteiger partial charge in [-0.15, -0.1) is 0 Å². The van der Waals surface area contributed by atoms with Crippen LogP contribution in [0.4, 0.5) is 19.1 Å². The van der Waals surface area contributed by atoms with Crippen LogP contribution < -0.4 is 10.5 Å². The second kappa shape index (κ2) is 4.80. The van der Waals surface area contributed by atoms with Gasteiger partial charge < -0.3 is 10.0 Å². The van der Waals surface area contributed by atoms with Crippen LogP contribution in [0.3, 0.4) is 0 Å². The lowest BCUT2D eigenvalue weighted by molar-refractivity contribution is -0.142. The monoisotopic (exact) mass is 291 g/mol.